The molecule has 1 aliphatic carbocycles. The molecular formula is C43H68N6O19. The third-order valence-corrected chi connectivity index (χ3v) is 11.1. The molecule has 6 amide bonds. The van der Waals surface area contributed by atoms with Crippen molar-refractivity contribution in [2.75, 3.05) is 39.5 Å². The maximum atomic E-state index is 13.5. The standard InChI is InChI=1S/C43H68N6O19/c1-24(25(2)21-38(59)60)20-34(52)45-22-27-4-6-28(7-5-27)39(61)49-32(43(65)66)8-12-33(51)46-30(10-14-36(55)56)41(63)48-31(11-15-37(57)58)42(64)47-29(9-13-35(53)54)40(62)44-16-17-67-18-19-68-23-26(3)50/h24-25,27-32H,4-23H2,1-3H3,(H,44,62)(H,45,52)(H,46,51)(H,47,64)(H,48,63)(H,49,61)(H,53,54)(H,55,56)(H,57,58)(H,59,60)(H,65,66)/t24?,25?,27?,28?,29-,30-,31-,32-/m0/s1. The molecule has 25 nitrogen and oxygen atoms in total. The Balaban J connectivity index is 2.90. The Bertz CT molecular complexity index is 1750. The number of amides is 6. The third kappa shape index (κ3) is 26.8. The van der Waals surface area contributed by atoms with E-state index in [1.54, 1.807) is 13.8 Å². The van der Waals surface area contributed by atoms with Crippen LogP contribution >= 0.6 is 0 Å². The topological polar surface area (TPSA) is 397 Å². The first-order chi connectivity index (χ1) is 32.0. The zero-order valence-electron chi connectivity index (χ0n) is 38.7. The van der Waals surface area contributed by atoms with Gasteiger partial charge in [0.2, 0.25) is 35.4 Å². The van der Waals surface area contributed by atoms with Crippen molar-refractivity contribution in [3.63, 3.8) is 0 Å². The summed E-state index contributed by atoms with van der Waals surface area (Å²) < 4.78 is 10.3. The summed E-state index contributed by atoms with van der Waals surface area (Å²) >= 11 is 0. The third-order valence-electron chi connectivity index (χ3n) is 11.1. The molecule has 0 aromatic carbocycles. The lowest BCUT2D eigenvalue weighted by molar-refractivity contribution is -0.143. The first kappa shape index (κ1) is 59.8. The van der Waals surface area contributed by atoms with Gasteiger partial charge >= 0.3 is 29.8 Å². The Labute approximate surface area is 392 Å². The molecule has 0 saturated heterocycles. The number of carboxylic acids is 5. The highest BCUT2D eigenvalue weighted by molar-refractivity contribution is 5.95. The van der Waals surface area contributed by atoms with Gasteiger partial charge in [0.05, 0.1) is 19.8 Å². The van der Waals surface area contributed by atoms with Crippen LogP contribution in [0.3, 0.4) is 0 Å². The zero-order chi connectivity index (χ0) is 51.3. The molecule has 2 unspecified atom stereocenters. The van der Waals surface area contributed by atoms with Crippen molar-refractivity contribution >= 4 is 71.1 Å². The van der Waals surface area contributed by atoms with Gasteiger partial charge < -0.3 is 66.9 Å². The van der Waals surface area contributed by atoms with Gasteiger partial charge in [-0.05, 0) is 76.0 Å². The maximum absolute atomic E-state index is 13.5. The molecule has 0 spiro atoms. The molecule has 11 N–H and O–H groups in total. The lowest BCUT2D eigenvalue weighted by Crippen LogP contribution is -2.57. The first-order valence-corrected chi connectivity index (χ1v) is 22.5. The Morgan fingerprint density at radius 2 is 1.00 bits per heavy atom. The van der Waals surface area contributed by atoms with Gasteiger partial charge in [0.25, 0.3) is 0 Å². The summed E-state index contributed by atoms with van der Waals surface area (Å²) in [5, 5.41) is 61.3. The van der Waals surface area contributed by atoms with E-state index >= 15 is 0 Å². The minimum Gasteiger partial charge on any atom is -0.481 e. The molecule has 1 fully saturated rings. The number of carbonyl (C=O) groups is 12. The fourth-order valence-electron chi connectivity index (χ4n) is 6.98. The summed E-state index contributed by atoms with van der Waals surface area (Å²) in [6, 6.07) is -6.39. The van der Waals surface area contributed by atoms with Gasteiger partial charge in [-0.3, -0.25) is 52.7 Å². The number of ether oxygens (including phenoxy) is 2. The molecule has 0 aromatic rings. The smallest absolute Gasteiger partial charge is 0.326 e. The highest BCUT2D eigenvalue weighted by Crippen LogP contribution is 2.29. The van der Waals surface area contributed by atoms with Crippen molar-refractivity contribution in [1.29, 1.82) is 0 Å². The van der Waals surface area contributed by atoms with Crippen LogP contribution in [0.5, 0.6) is 0 Å². The van der Waals surface area contributed by atoms with Crippen LogP contribution in [0, 0.1) is 23.7 Å². The number of hydrogen-bond acceptors (Lipinski definition) is 14. The summed E-state index contributed by atoms with van der Waals surface area (Å²) in [5.41, 5.74) is 0. The minimum atomic E-state index is -1.70. The number of aliphatic carboxylic acids is 5. The molecule has 1 aliphatic rings. The fraction of sp³-hybridized carbons (Fsp3) is 0.721. The van der Waals surface area contributed by atoms with Crippen molar-refractivity contribution in [2.24, 2.45) is 23.7 Å². The molecule has 384 valence electrons. The molecule has 0 aromatic heterocycles. The van der Waals surface area contributed by atoms with E-state index in [1.807, 2.05) is 0 Å². The molecule has 0 aliphatic heterocycles. The normalized spacial score (nSPS) is 17.0. The van der Waals surface area contributed by atoms with Gasteiger partial charge in [-0.2, -0.15) is 0 Å². The molecule has 6 atom stereocenters. The molecule has 1 rings (SSSR count). The second-order valence-electron chi connectivity index (χ2n) is 16.9. The number of nitrogens with one attached hydrogen (secondary N) is 6. The molecule has 0 heterocycles. The molecule has 25 heteroatoms. The van der Waals surface area contributed by atoms with Crippen LogP contribution in [0.2, 0.25) is 0 Å². The molecule has 1 saturated carbocycles. The number of hydrogen-bond donors (Lipinski definition) is 11. The zero-order valence-corrected chi connectivity index (χ0v) is 38.7. The van der Waals surface area contributed by atoms with E-state index in [1.165, 1.54) is 6.92 Å². The van der Waals surface area contributed by atoms with E-state index in [2.05, 4.69) is 31.9 Å². The predicted octanol–water partition coefficient (Wildman–Crippen LogP) is -0.817. The average molecular weight is 973 g/mol. The Hall–Kier alpha value is -6.24. The fourth-order valence-corrected chi connectivity index (χ4v) is 6.98. The van der Waals surface area contributed by atoms with Crippen molar-refractivity contribution in [2.45, 2.75) is 135 Å². The maximum Gasteiger partial charge on any atom is 0.326 e. The van der Waals surface area contributed by atoms with E-state index in [4.69, 9.17) is 14.6 Å². The summed E-state index contributed by atoms with van der Waals surface area (Å²) in [5.74, 6) is -12.3. The number of carboxylic acid groups (broad SMARTS) is 5. The van der Waals surface area contributed by atoms with Gasteiger partial charge in [-0.15, -0.1) is 0 Å². The first-order valence-electron chi connectivity index (χ1n) is 22.5. The van der Waals surface area contributed by atoms with Gasteiger partial charge in [0.1, 0.15) is 30.8 Å². The number of Topliss-reactive ketones (excluding diaryl/α,β-unsaturated/α-hetero) is 1. The van der Waals surface area contributed by atoms with E-state index in [0.29, 0.717) is 32.2 Å². The SMILES string of the molecule is CC(=O)COCCOCCNC(=O)[C@H](CCC(=O)O)NC(=O)[C@H](CCC(=O)O)NC(=O)[C@H](CCC(=O)O)NC(=O)CC[C@H](NC(=O)C1CCC(CNC(=O)CC(C)C(C)CC(=O)O)CC1)C(=O)O. The average Bonchev–Trinajstić information content (AvgIpc) is 3.25. The number of rotatable bonds is 36. The number of ketones is 1. The summed E-state index contributed by atoms with van der Waals surface area (Å²) in [4.78, 5) is 147. The molecule has 0 radical (unpaired) electrons. The van der Waals surface area contributed by atoms with Crippen molar-refractivity contribution in [3.8, 4) is 0 Å². The Kier molecular flexibility index (Phi) is 28.5. The predicted molar refractivity (Wildman–Crippen MR) is 234 cm³/mol. The van der Waals surface area contributed by atoms with Crippen LogP contribution < -0.4 is 31.9 Å². The molecule has 68 heavy (non-hydrogen) atoms. The van der Waals surface area contributed by atoms with Crippen LogP contribution in [0.25, 0.3) is 0 Å². The van der Waals surface area contributed by atoms with Gasteiger partial charge in [-0.25, -0.2) is 4.79 Å². The van der Waals surface area contributed by atoms with Crippen LogP contribution in [0.4, 0.5) is 0 Å². The van der Waals surface area contributed by atoms with E-state index in [-0.39, 0.29) is 75.3 Å². The van der Waals surface area contributed by atoms with Crippen LogP contribution in [0.15, 0.2) is 0 Å². The Morgan fingerprint density at radius 1 is 0.515 bits per heavy atom. The molecule has 0 bridgehead atoms. The summed E-state index contributed by atoms with van der Waals surface area (Å²) in [7, 11) is 0. The lowest BCUT2D eigenvalue weighted by Gasteiger charge is -2.29. The largest absolute Gasteiger partial charge is 0.481 e. The van der Waals surface area contributed by atoms with Crippen LogP contribution in [-0.2, 0) is 67.0 Å². The highest BCUT2D eigenvalue weighted by Gasteiger charge is 2.33. The monoisotopic (exact) mass is 972 g/mol. The van der Waals surface area contributed by atoms with Crippen LogP contribution in [-0.4, -0.2) is 160 Å². The quantitative estimate of drug-likeness (QED) is 0.0342. The second kappa shape index (κ2) is 32.5. The summed E-state index contributed by atoms with van der Waals surface area (Å²) in [6.45, 7) is 5.21. The van der Waals surface area contributed by atoms with E-state index in [9.17, 15) is 78.0 Å². The van der Waals surface area contributed by atoms with Crippen LogP contribution in [0.1, 0.15) is 111 Å². The second-order valence-corrected chi connectivity index (χ2v) is 16.9. The number of carbonyl (C=O) groups excluding carboxylic acids is 7. The lowest BCUT2D eigenvalue weighted by atomic mass is 9.81. The summed E-state index contributed by atoms with van der Waals surface area (Å²) in [6.07, 6.45) is -2.49. The van der Waals surface area contributed by atoms with E-state index in [0.717, 1.165) is 0 Å². The van der Waals surface area contributed by atoms with E-state index < -0.39 is 141 Å². The Morgan fingerprint density at radius 3 is 1.50 bits per heavy atom. The molecular weight excluding hydrogens is 904 g/mol. The van der Waals surface area contributed by atoms with Gasteiger partial charge in [0.15, 0.2) is 5.78 Å². The van der Waals surface area contributed by atoms with Gasteiger partial charge in [-0.1, -0.05) is 13.8 Å². The highest BCUT2D eigenvalue weighted by atomic mass is 16.5. The minimum absolute atomic E-state index is 0.0335. The van der Waals surface area contributed by atoms with Crippen molar-refractivity contribution < 1.29 is 92.5 Å². The van der Waals surface area contributed by atoms with Crippen molar-refractivity contribution in [3.05, 3.63) is 0 Å². The van der Waals surface area contributed by atoms with Gasteiger partial charge in [0, 0.05) is 57.5 Å². The van der Waals surface area contributed by atoms with Crippen molar-refractivity contribution in [1.82, 2.24) is 31.9 Å².